The summed E-state index contributed by atoms with van der Waals surface area (Å²) in [6, 6.07) is 10.8. The van der Waals surface area contributed by atoms with Crippen molar-refractivity contribution in [3.8, 4) is 11.5 Å². The zero-order chi connectivity index (χ0) is 23.0. The molecule has 0 radical (unpaired) electrons. The van der Waals surface area contributed by atoms with Gasteiger partial charge in [0.25, 0.3) is 0 Å². The van der Waals surface area contributed by atoms with Crippen LogP contribution in [0.1, 0.15) is 69.7 Å². The third-order valence-corrected chi connectivity index (χ3v) is 6.22. The van der Waals surface area contributed by atoms with Gasteiger partial charge in [0.2, 0.25) is 0 Å². The van der Waals surface area contributed by atoms with Gasteiger partial charge in [-0.15, -0.1) is 0 Å². The maximum Gasteiger partial charge on any atom is 0.146 e. The van der Waals surface area contributed by atoms with Crippen molar-refractivity contribution in [3.63, 3.8) is 0 Å². The molecule has 3 rings (SSSR count). The Morgan fingerprint density at radius 3 is 2.06 bits per heavy atom. The van der Waals surface area contributed by atoms with Gasteiger partial charge in [-0.05, 0) is 34.6 Å². The van der Waals surface area contributed by atoms with Gasteiger partial charge in [-0.2, -0.15) is 0 Å². The second kappa shape index (κ2) is 9.13. The number of benzene rings is 2. The normalized spacial score (nSPS) is 18.6. The average molecular weight is 491 g/mol. The fraction of sp³-hybridized carbons (Fsp3) is 0.538. The predicted octanol–water partition coefficient (Wildman–Crippen LogP) is 6.57. The summed E-state index contributed by atoms with van der Waals surface area (Å²) in [5.74, 6) is 1.94. The highest BCUT2D eigenvalue weighted by molar-refractivity contribution is 9.10. The minimum atomic E-state index is -0.131. The zero-order valence-corrected chi connectivity index (χ0v) is 21.6. The Bertz CT molecular complexity index is 889. The molecule has 1 aliphatic heterocycles. The third-order valence-electron chi connectivity index (χ3n) is 5.73. The summed E-state index contributed by atoms with van der Waals surface area (Å²) in [5, 5.41) is 0. The van der Waals surface area contributed by atoms with Crippen LogP contribution >= 0.6 is 15.9 Å². The van der Waals surface area contributed by atoms with Crippen molar-refractivity contribution in [1.82, 2.24) is 0 Å². The molecule has 2 unspecified atom stereocenters. The summed E-state index contributed by atoms with van der Waals surface area (Å²) in [6.07, 6.45) is -0.131. The van der Waals surface area contributed by atoms with E-state index in [9.17, 15) is 0 Å². The van der Waals surface area contributed by atoms with Gasteiger partial charge < -0.3 is 18.9 Å². The Hall–Kier alpha value is -1.56. The van der Waals surface area contributed by atoms with Crippen LogP contribution < -0.4 is 9.47 Å². The van der Waals surface area contributed by atoms with Gasteiger partial charge in [0.15, 0.2) is 0 Å². The lowest BCUT2D eigenvalue weighted by atomic mass is 9.75. The number of hydrogen-bond acceptors (Lipinski definition) is 4. The fourth-order valence-electron chi connectivity index (χ4n) is 4.24. The standard InChI is InChI=1S/C26H35BrO4/c1-25(2,3)19-11-16(12-20(24(19)29-8)26(4,5)6)23-18-13-17(27)9-10-21(18)31-22(23)14-30-15-28-7/h9-13,22-23H,14-15H2,1-8H3. The summed E-state index contributed by atoms with van der Waals surface area (Å²) >= 11 is 3.64. The highest BCUT2D eigenvalue weighted by Crippen LogP contribution is 2.48. The minimum Gasteiger partial charge on any atom is -0.496 e. The van der Waals surface area contributed by atoms with Crippen LogP contribution in [0, 0.1) is 0 Å². The largest absolute Gasteiger partial charge is 0.496 e. The summed E-state index contributed by atoms with van der Waals surface area (Å²) in [4.78, 5) is 0. The monoisotopic (exact) mass is 490 g/mol. The molecule has 1 aliphatic rings. The first kappa shape index (κ1) is 24.1. The predicted molar refractivity (Wildman–Crippen MR) is 129 cm³/mol. The second-order valence-electron chi connectivity index (χ2n) is 10.2. The molecular weight excluding hydrogens is 456 g/mol. The Kier molecular flexibility index (Phi) is 7.09. The maximum atomic E-state index is 6.35. The quantitative estimate of drug-likeness (QED) is 0.339. The van der Waals surface area contributed by atoms with Crippen molar-refractivity contribution in [1.29, 1.82) is 0 Å². The van der Waals surface area contributed by atoms with E-state index in [-0.39, 0.29) is 29.6 Å². The number of hydrogen-bond donors (Lipinski definition) is 0. The Labute approximate surface area is 195 Å². The van der Waals surface area contributed by atoms with Crippen LogP contribution in [0.2, 0.25) is 0 Å². The average Bonchev–Trinajstić information content (AvgIpc) is 3.03. The SMILES string of the molecule is COCOCC1Oc2ccc(Br)cc2C1c1cc(C(C)(C)C)c(OC)c(C(C)(C)C)c1. The molecule has 1 heterocycles. The lowest BCUT2D eigenvalue weighted by molar-refractivity contribution is -0.0551. The van der Waals surface area contributed by atoms with E-state index >= 15 is 0 Å². The molecule has 0 saturated carbocycles. The molecule has 0 N–H and O–H groups in total. The van der Waals surface area contributed by atoms with Crippen LogP contribution in [0.25, 0.3) is 0 Å². The van der Waals surface area contributed by atoms with Gasteiger partial charge in [-0.3, -0.25) is 0 Å². The molecule has 4 nitrogen and oxygen atoms in total. The smallest absolute Gasteiger partial charge is 0.146 e. The first-order valence-electron chi connectivity index (χ1n) is 10.7. The highest BCUT2D eigenvalue weighted by Gasteiger charge is 2.38. The van der Waals surface area contributed by atoms with Crippen molar-refractivity contribution in [3.05, 3.63) is 57.1 Å². The highest BCUT2D eigenvalue weighted by atomic mass is 79.9. The Balaban J connectivity index is 2.21. The first-order valence-corrected chi connectivity index (χ1v) is 11.5. The summed E-state index contributed by atoms with van der Waals surface area (Å²) in [5.41, 5.74) is 4.67. The van der Waals surface area contributed by atoms with E-state index in [1.165, 1.54) is 22.3 Å². The van der Waals surface area contributed by atoms with Crippen LogP contribution in [-0.2, 0) is 20.3 Å². The van der Waals surface area contributed by atoms with Gasteiger partial charge in [-0.1, -0.05) is 69.6 Å². The van der Waals surface area contributed by atoms with Gasteiger partial charge >= 0.3 is 0 Å². The summed E-state index contributed by atoms with van der Waals surface area (Å²) < 4.78 is 24.2. The van der Waals surface area contributed by atoms with E-state index in [1.54, 1.807) is 14.2 Å². The fourth-order valence-corrected chi connectivity index (χ4v) is 4.62. The molecule has 31 heavy (non-hydrogen) atoms. The van der Waals surface area contributed by atoms with Gasteiger partial charge in [0, 0.05) is 28.3 Å². The van der Waals surface area contributed by atoms with Crippen molar-refractivity contribution in [2.45, 2.75) is 64.4 Å². The lowest BCUT2D eigenvalue weighted by Gasteiger charge is -2.31. The molecule has 0 aliphatic carbocycles. The molecule has 0 aromatic heterocycles. The lowest BCUT2D eigenvalue weighted by Crippen LogP contribution is -2.27. The molecule has 170 valence electrons. The zero-order valence-electron chi connectivity index (χ0n) is 20.0. The molecule has 0 fully saturated rings. The molecule has 2 aromatic rings. The van der Waals surface area contributed by atoms with E-state index in [2.05, 4.69) is 75.7 Å². The van der Waals surface area contributed by atoms with Crippen LogP contribution in [0.5, 0.6) is 11.5 Å². The number of methoxy groups -OCH3 is 2. The molecule has 0 bridgehead atoms. The van der Waals surface area contributed by atoms with Crippen molar-refractivity contribution in [2.75, 3.05) is 27.6 Å². The van der Waals surface area contributed by atoms with Crippen LogP contribution in [0.15, 0.2) is 34.8 Å². The van der Waals surface area contributed by atoms with Gasteiger partial charge in [0.05, 0.1) is 19.6 Å². The maximum absolute atomic E-state index is 6.35. The minimum absolute atomic E-state index is 0.0532. The van der Waals surface area contributed by atoms with Gasteiger partial charge in [-0.25, -0.2) is 0 Å². The number of halogens is 1. The second-order valence-corrected chi connectivity index (χ2v) is 11.2. The van der Waals surface area contributed by atoms with Crippen LogP contribution in [0.3, 0.4) is 0 Å². The topological polar surface area (TPSA) is 36.9 Å². The molecule has 2 atom stereocenters. The third kappa shape index (κ3) is 5.10. The van der Waals surface area contributed by atoms with E-state index in [4.69, 9.17) is 18.9 Å². The number of ether oxygens (including phenoxy) is 4. The van der Waals surface area contributed by atoms with E-state index in [0.717, 1.165) is 16.0 Å². The molecular formula is C26H35BrO4. The van der Waals surface area contributed by atoms with Crippen molar-refractivity contribution in [2.24, 2.45) is 0 Å². The number of rotatable bonds is 6. The molecule has 0 spiro atoms. The van der Waals surface area contributed by atoms with Crippen molar-refractivity contribution < 1.29 is 18.9 Å². The first-order chi connectivity index (χ1) is 14.5. The van der Waals surface area contributed by atoms with Crippen molar-refractivity contribution >= 4 is 15.9 Å². The summed E-state index contributed by atoms with van der Waals surface area (Å²) in [6.45, 7) is 14.1. The molecule has 2 aromatic carbocycles. The molecule has 5 heteroatoms. The molecule has 0 amide bonds. The van der Waals surface area contributed by atoms with Crippen LogP contribution in [-0.4, -0.2) is 33.7 Å². The van der Waals surface area contributed by atoms with E-state index < -0.39 is 0 Å². The van der Waals surface area contributed by atoms with Crippen LogP contribution in [0.4, 0.5) is 0 Å². The molecule has 0 saturated heterocycles. The van der Waals surface area contributed by atoms with Gasteiger partial charge in [0.1, 0.15) is 24.4 Å². The summed E-state index contributed by atoms with van der Waals surface area (Å²) in [7, 11) is 3.40. The van der Waals surface area contributed by atoms with E-state index in [0.29, 0.717) is 6.61 Å². The Morgan fingerprint density at radius 2 is 1.55 bits per heavy atom. The van der Waals surface area contributed by atoms with E-state index in [1.807, 2.05) is 12.1 Å². The Morgan fingerprint density at radius 1 is 0.935 bits per heavy atom. The number of fused-ring (bicyclic) bond motifs is 1.